The highest BCUT2D eigenvalue weighted by molar-refractivity contribution is 14.0. The first-order valence-electron chi connectivity index (χ1n) is 10.4. The zero-order chi connectivity index (χ0) is 21.2. The molecule has 0 aromatic carbocycles. The Morgan fingerprint density at radius 2 is 1.79 bits per heavy atom. The fraction of sp³-hybridized carbons (Fsp3) is 0.900. The normalized spacial score (nSPS) is 16.7. The number of aliphatic hydroxyl groups is 1. The number of carbonyl (C=O) groups is 1. The number of hydrogen-bond donors (Lipinski definition) is 4. The van der Waals surface area contributed by atoms with Gasteiger partial charge in [0.2, 0.25) is 0 Å². The average molecular weight is 527 g/mol. The summed E-state index contributed by atoms with van der Waals surface area (Å²) in [5, 5.41) is 19.0. The monoisotopic (exact) mass is 527 g/mol. The molecule has 0 saturated carbocycles. The minimum absolute atomic E-state index is 0. The van der Waals surface area contributed by atoms with Crippen LogP contribution in [0.3, 0.4) is 0 Å². The number of likely N-dealkylation sites (tertiary alicyclic amines) is 1. The standard InChI is InChI=1S/C20H41N5O3.HI/c1-7-21-17(22-11-8-12-25-13-9-16(26)10-14-25)23-15-20(5,6)24-18(27)28-19(2,3)4;/h16,26H,7-15H2,1-6H3,(H,24,27)(H2,21,22,23);1H. The predicted molar refractivity (Wildman–Crippen MR) is 129 cm³/mol. The van der Waals surface area contributed by atoms with Crippen molar-refractivity contribution in [3.63, 3.8) is 0 Å². The van der Waals surface area contributed by atoms with Gasteiger partial charge in [-0.25, -0.2) is 4.79 Å². The molecule has 0 atom stereocenters. The highest BCUT2D eigenvalue weighted by Gasteiger charge is 2.24. The number of halogens is 1. The second kappa shape index (κ2) is 13.5. The number of rotatable bonds is 8. The van der Waals surface area contributed by atoms with Crippen LogP contribution in [0, 0.1) is 0 Å². The van der Waals surface area contributed by atoms with E-state index in [9.17, 15) is 9.90 Å². The summed E-state index contributed by atoms with van der Waals surface area (Å²) in [5.41, 5.74) is -1.04. The van der Waals surface area contributed by atoms with Gasteiger partial charge in [0.05, 0.1) is 18.2 Å². The topological polar surface area (TPSA) is 98.2 Å². The number of alkyl carbamates (subject to hydrolysis) is 1. The minimum Gasteiger partial charge on any atom is -0.444 e. The molecular formula is C20H42IN5O3. The van der Waals surface area contributed by atoms with E-state index in [4.69, 9.17) is 4.74 Å². The molecule has 1 saturated heterocycles. The van der Waals surface area contributed by atoms with Crippen molar-refractivity contribution in [2.75, 3.05) is 39.3 Å². The summed E-state index contributed by atoms with van der Waals surface area (Å²) in [6.45, 7) is 16.4. The molecule has 0 spiro atoms. The van der Waals surface area contributed by atoms with Crippen LogP contribution in [0.1, 0.15) is 60.8 Å². The van der Waals surface area contributed by atoms with E-state index in [1.165, 1.54) is 0 Å². The SMILES string of the molecule is CCNC(=NCC(C)(C)NC(=O)OC(C)(C)C)NCCCN1CCC(O)CC1.I. The minimum atomic E-state index is -0.521. The Hall–Kier alpha value is -0.810. The molecule has 0 aromatic heterocycles. The lowest BCUT2D eigenvalue weighted by Crippen LogP contribution is -2.49. The molecule has 29 heavy (non-hydrogen) atoms. The summed E-state index contributed by atoms with van der Waals surface area (Å²) >= 11 is 0. The van der Waals surface area contributed by atoms with Crippen LogP contribution >= 0.6 is 24.0 Å². The van der Waals surface area contributed by atoms with E-state index in [1.807, 2.05) is 41.5 Å². The number of nitrogens with one attached hydrogen (secondary N) is 3. The Morgan fingerprint density at radius 3 is 2.34 bits per heavy atom. The molecule has 172 valence electrons. The Kier molecular flexibility index (Phi) is 13.1. The molecule has 0 bridgehead atoms. The van der Waals surface area contributed by atoms with Crippen LogP contribution in [0.15, 0.2) is 4.99 Å². The van der Waals surface area contributed by atoms with Crippen molar-refractivity contribution in [3.8, 4) is 0 Å². The van der Waals surface area contributed by atoms with Gasteiger partial charge in [-0.2, -0.15) is 0 Å². The Morgan fingerprint density at radius 1 is 1.17 bits per heavy atom. The number of aliphatic hydroxyl groups excluding tert-OH is 1. The smallest absolute Gasteiger partial charge is 0.408 e. The van der Waals surface area contributed by atoms with Gasteiger partial charge in [0.1, 0.15) is 5.60 Å². The summed E-state index contributed by atoms with van der Waals surface area (Å²) in [5.74, 6) is 0.746. The summed E-state index contributed by atoms with van der Waals surface area (Å²) in [6.07, 6.45) is 2.20. The summed E-state index contributed by atoms with van der Waals surface area (Å²) in [4.78, 5) is 19.0. The van der Waals surface area contributed by atoms with E-state index in [1.54, 1.807) is 0 Å². The Bertz CT molecular complexity index is 501. The maximum atomic E-state index is 12.0. The fourth-order valence-electron chi connectivity index (χ4n) is 2.89. The second-order valence-electron chi connectivity index (χ2n) is 9.06. The number of piperidine rings is 1. The van der Waals surface area contributed by atoms with E-state index in [0.29, 0.717) is 6.54 Å². The van der Waals surface area contributed by atoms with E-state index in [0.717, 1.165) is 57.9 Å². The number of amides is 1. The molecule has 8 nitrogen and oxygen atoms in total. The molecule has 1 fully saturated rings. The summed E-state index contributed by atoms with van der Waals surface area (Å²) in [7, 11) is 0. The van der Waals surface area contributed by atoms with Crippen molar-refractivity contribution in [2.24, 2.45) is 4.99 Å². The van der Waals surface area contributed by atoms with Crippen molar-refractivity contribution in [2.45, 2.75) is 78.0 Å². The first-order chi connectivity index (χ1) is 13.0. The molecule has 1 rings (SSSR count). The van der Waals surface area contributed by atoms with Crippen molar-refractivity contribution < 1.29 is 14.6 Å². The molecule has 0 aromatic rings. The van der Waals surface area contributed by atoms with Crippen LogP contribution in [-0.2, 0) is 4.74 Å². The van der Waals surface area contributed by atoms with Crippen LogP contribution in [-0.4, -0.2) is 78.6 Å². The zero-order valence-corrected chi connectivity index (χ0v) is 21.3. The number of guanidine groups is 1. The van der Waals surface area contributed by atoms with E-state index in [2.05, 4.69) is 25.8 Å². The maximum Gasteiger partial charge on any atom is 0.408 e. The molecule has 1 heterocycles. The van der Waals surface area contributed by atoms with Crippen LogP contribution in [0.2, 0.25) is 0 Å². The van der Waals surface area contributed by atoms with Crippen molar-refractivity contribution in [3.05, 3.63) is 0 Å². The third-order valence-electron chi connectivity index (χ3n) is 4.32. The quantitative estimate of drug-likeness (QED) is 0.168. The van der Waals surface area contributed by atoms with Gasteiger partial charge in [-0.05, 0) is 67.3 Å². The van der Waals surface area contributed by atoms with Gasteiger partial charge < -0.3 is 30.7 Å². The molecule has 0 radical (unpaired) electrons. The number of hydrogen-bond acceptors (Lipinski definition) is 5. The molecule has 1 amide bonds. The van der Waals surface area contributed by atoms with Crippen molar-refractivity contribution >= 4 is 36.0 Å². The van der Waals surface area contributed by atoms with Crippen LogP contribution in [0.25, 0.3) is 0 Å². The average Bonchev–Trinajstić information content (AvgIpc) is 2.55. The van der Waals surface area contributed by atoms with Gasteiger partial charge in [0, 0.05) is 26.2 Å². The lowest BCUT2D eigenvalue weighted by atomic mass is 10.1. The largest absolute Gasteiger partial charge is 0.444 e. The van der Waals surface area contributed by atoms with Gasteiger partial charge in [-0.3, -0.25) is 4.99 Å². The first kappa shape index (κ1) is 28.2. The molecule has 1 aliphatic heterocycles. The first-order valence-corrected chi connectivity index (χ1v) is 10.4. The predicted octanol–water partition coefficient (Wildman–Crippen LogP) is 2.31. The number of carbonyl (C=O) groups excluding carboxylic acids is 1. The van der Waals surface area contributed by atoms with Gasteiger partial charge in [-0.15, -0.1) is 24.0 Å². The number of nitrogens with zero attached hydrogens (tertiary/aromatic N) is 2. The highest BCUT2D eigenvalue weighted by atomic mass is 127. The zero-order valence-electron chi connectivity index (χ0n) is 19.0. The summed E-state index contributed by atoms with van der Waals surface area (Å²) in [6, 6.07) is 0. The van der Waals surface area contributed by atoms with Gasteiger partial charge in [-0.1, -0.05) is 0 Å². The van der Waals surface area contributed by atoms with Crippen LogP contribution < -0.4 is 16.0 Å². The third-order valence-corrected chi connectivity index (χ3v) is 4.32. The lowest BCUT2D eigenvalue weighted by molar-refractivity contribution is 0.0476. The van der Waals surface area contributed by atoms with Gasteiger partial charge in [0.15, 0.2) is 5.96 Å². The van der Waals surface area contributed by atoms with Crippen LogP contribution in [0.5, 0.6) is 0 Å². The van der Waals surface area contributed by atoms with Crippen LogP contribution in [0.4, 0.5) is 4.79 Å². The van der Waals surface area contributed by atoms with E-state index in [-0.39, 0.29) is 30.1 Å². The van der Waals surface area contributed by atoms with E-state index < -0.39 is 17.2 Å². The van der Waals surface area contributed by atoms with Crippen molar-refractivity contribution in [1.29, 1.82) is 0 Å². The third kappa shape index (κ3) is 13.9. The lowest BCUT2D eigenvalue weighted by Gasteiger charge is -2.29. The fourth-order valence-corrected chi connectivity index (χ4v) is 2.89. The molecule has 0 aliphatic carbocycles. The second-order valence-corrected chi connectivity index (χ2v) is 9.06. The maximum absolute atomic E-state index is 12.0. The summed E-state index contributed by atoms with van der Waals surface area (Å²) < 4.78 is 5.32. The Balaban J connectivity index is 0.00000784. The Labute approximate surface area is 193 Å². The van der Waals surface area contributed by atoms with E-state index >= 15 is 0 Å². The van der Waals surface area contributed by atoms with Gasteiger partial charge in [0.25, 0.3) is 0 Å². The van der Waals surface area contributed by atoms with Crippen molar-refractivity contribution in [1.82, 2.24) is 20.9 Å². The molecular weight excluding hydrogens is 485 g/mol. The molecule has 0 unspecified atom stereocenters. The number of aliphatic imine (C=N–C) groups is 1. The molecule has 1 aliphatic rings. The molecule has 9 heteroatoms. The number of ether oxygens (including phenoxy) is 1. The van der Waals surface area contributed by atoms with Gasteiger partial charge >= 0.3 is 6.09 Å². The highest BCUT2D eigenvalue weighted by Crippen LogP contribution is 2.10. The molecule has 4 N–H and O–H groups in total.